The first-order valence-electron chi connectivity index (χ1n) is 5.78. The van der Waals surface area contributed by atoms with Crippen molar-refractivity contribution in [3.8, 4) is 0 Å². The lowest BCUT2D eigenvalue weighted by Gasteiger charge is -2.07. The van der Waals surface area contributed by atoms with E-state index < -0.39 is 9.84 Å². The van der Waals surface area contributed by atoms with Crippen molar-refractivity contribution in [3.63, 3.8) is 0 Å². The highest BCUT2D eigenvalue weighted by Gasteiger charge is 2.07. The Balaban J connectivity index is 2.12. The predicted molar refractivity (Wildman–Crippen MR) is 73.6 cm³/mol. The quantitative estimate of drug-likeness (QED) is 0.922. The summed E-state index contributed by atoms with van der Waals surface area (Å²) in [5.74, 6) is 0.712. The van der Waals surface area contributed by atoms with Crippen LogP contribution in [0.5, 0.6) is 0 Å². The van der Waals surface area contributed by atoms with Gasteiger partial charge in [-0.2, -0.15) is 0 Å². The Kier molecular flexibility index (Phi) is 3.80. The first-order chi connectivity index (χ1) is 8.95. The van der Waals surface area contributed by atoms with Crippen LogP contribution in [0.15, 0.2) is 41.4 Å². The summed E-state index contributed by atoms with van der Waals surface area (Å²) in [6, 6.07) is 8.55. The van der Waals surface area contributed by atoms with E-state index in [2.05, 4.69) is 15.3 Å². The molecule has 0 spiro atoms. The minimum Gasteiger partial charge on any atom is -0.379 e. The molecule has 0 saturated carbocycles. The van der Waals surface area contributed by atoms with Gasteiger partial charge in [0.2, 0.25) is 0 Å². The molecule has 0 aliphatic heterocycles. The van der Waals surface area contributed by atoms with Crippen molar-refractivity contribution in [1.29, 1.82) is 0 Å². The molecule has 0 aliphatic carbocycles. The lowest BCUT2D eigenvalue weighted by Crippen LogP contribution is -2.04. The second-order valence-electron chi connectivity index (χ2n) is 4.25. The van der Waals surface area contributed by atoms with Crippen molar-refractivity contribution in [2.45, 2.75) is 18.4 Å². The fraction of sp³-hybridized carbons (Fsp3) is 0.231. The van der Waals surface area contributed by atoms with Gasteiger partial charge in [-0.25, -0.2) is 18.4 Å². The zero-order chi connectivity index (χ0) is 13.9. The second-order valence-corrected chi connectivity index (χ2v) is 6.26. The van der Waals surface area contributed by atoms with E-state index in [4.69, 9.17) is 0 Å². The van der Waals surface area contributed by atoms with Gasteiger partial charge in [0.15, 0.2) is 9.84 Å². The zero-order valence-corrected chi connectivity index (χ0v) is 11.6. The monoisotopic (exact) mass is 277 g/mol. The van der Waals surface area contributed by atoms with Crippen molar-refractivity contribution in [3.05, 3.63) is 48.0 Å². The number of rotatable bonds is 4. The van der Waals surface area contributed by atoms with Crippen LogP contribution in [-0.4, -0.2) is 24.6 Å². The molecule has 0 fully saturated rings. The van der Waals surface area contributed by atoms with Crippen molar-refractivity contribution >= 4 is 15.5 Å². The summed E-state index contributed by atoms with van der Waals surface area (Å²) in [4.78, 5) is 8.59. The second kappa shape index (κ2) is 5.36. The van der Waals surface area contributed by atoms with Crippen LogP contribution in [0.3, 0.4) is 0 Å². The average molecular weight is 277 g/mol. The summed E-state index contributed by atoms with van der Waals surface area (Å²) >= 11 is 0. The first-order valence-corrected chi connectivity index (χ1v) is 7.67. The number of hydrogen-bond donors (Lipinski definition) is 1. The standard InChI is InChI=1S/C13H15N3O2S/c1-10-14-7-6-12(16-10)9-15-11-4-3-5-13(8-11)19(2,17)18/h3-8,15H,9H2,1-2H3. The van der Waals surface area contributed by atoms with Crippen LogP contribution in [0.4, 0.5) is 5.69 Å². The fourth-order valence-corrected chi connectivity index (χ4v) is 2.30. The molecule has 0 atom stereocenters. The molecule has 0 bridgehead atoms. The maximum absolute atomic E-state index is 11.5. The number of hydrogen-bond acceptors (Lipinski definition) is 5. The van der Waals surface area contributed by atoms with Crippen LogP contribution in [-0.2, 0) is 16.4 Å². The van der Waals surface area contributed by atoms with Gasteiger partial charge in [0.25, 0.3) is 0 Å². The zero-order valence-electron chi connectivity index (χ0n) is 10.8. The maximum atomic E-state index is 11.5. The van der Waals surface area contributed by atoms with Crippen molar-refractivity contribution in [2.75, 3.05) is 11.6 Å². The minimum atomic E-state index is -3.18. The van der Waals surface area contributed by atoms with Crippen LogP contribution in [0.2, 0.25) is 0 Å². The highest BCUT2D eigenvalue weighted by atomic mass is 32.2. The number of sulfone groups is 1. The molecule has 1 aromatic heterocycles. The van der Waals surface area contributed by atoms with E-state index >= 15 is 0 Å². The third kappa shape index (κ3) is 3.75. The van der Waals surface area contributed by atoms with Crippen molar-refractivity contribution in [2.24, 2.45) is 0 Å². The molecule has 5 nitrogen and oxygen atoms in total. The average Bonchev–Trinajstić information content (AvgIpc) is 2.36. The molecular formula is C13H15N3O2S. The molecule has 2 aromatic rings. The Morgan fingerprint density at radius 2 is 2.05 bits per heavy atom. The summed E-state index contributed by atoms with van der Waals surface area (Å²) in [6.07, 6.45) is 2.90. The smallest absolute Gasteiger partial charge is 0.175 e. The summed E-state index contributed by atoms with van der Waals surface area (Å²) in [6.45, 7) is 2.35. The fourth-order valence-electron chi connectivity index (χ4n) is 1.63. The molecule has 0 saturated heterocycles. The van der Waals surface area contributed by atoms with Gasteiger partial charge in [-0.3, -0.25) is 0 Å². The number of benzene rings is 1. The Hall–Kier alpha value is -1.95. The minimum absolute atomic E-state index is 0.302. The Labute approximate surface area is 112 Å². The van der Waals surface area contributed by atoms with E-state index in [0.29, 0.717) is 17.3 Å². The molecule has 0 aliphatic rings. The van der Waals surface area contributed by atoms with Crippen LogP contribution < -0.4 is 5.32 Å². The summed E-state index contributed by atoms with van der Waals surface area (Å²) in [7, 11) is -3.18. The van der Waals surface area contributed by atoms with Gasteiger partial charge >= 0.3 is 0 Å². The van der Waals surface area contributed by atoms with E-state index in [-0.39, 0.29) is 0 Å². The van der Waals surface area contributed by atoms with Crippen molar-refractivity contribution in [1.82, 2.24) is 9.97 Å². The Bertz CT molecular complexity index is 684. The largest absolute Gasteiger partial charge is 0.379 e. The molecule has 0 amide bonds. The number of nitrogens with zero attached hydrogens (tertiary/aromatic N) is 2. The van der Waals surface area contributed by atoms with Crippen molar-refractivity contribution < 1.29 is 8.42 Å². The number of aromatic nitrogens is 2. The summed E-state index contributed by atoms with van der Waals surface area (Å²) in [5, 5.41) is 3.15. The SMILES string of the molecule is Cc1nccc(CNc2cccc(S(C)(=O)=O)c2)n1. The van der Waals surface area contributed by atoms with E-state index in [9.17, 15) is 8.42 Å². The first kappa shape index (κ1) is 13.5. The molecule has 0 unspecified atom stereocenters. The number of anilines is 1. The van der Waals surface area contributed by atoms with Gasteiger partial charge in [-0.15, -0.1) is 0 Å². The molecular weight excluding hydrogens is 262 g/mol. The maximum Gasteiger partial charge on any atom is 0.175 e. The van der Waals surface area contributed by atoms with Crippen LogP contribution in [0.25, 0.3) is 0 Å². The van der Waals surface area contributed by atoms with Crippen LogP contribution in [0.1, 0.15) is 11.5 Å². The van der Waals surface area contributed by atoms with Gasteiger partial charge in [-0.1, -0.05) is 6.07 Å². The van der Waals surface area contributed by atoms with E-state index in [1.807, 2.05) is 19.1 Å². The third-order valence-electron chi connectivity index (χ3n) is 2.57. The Morgan fingerprint density at radius 1 is 1.26 bits per heavy atom. The van der Waals surface area contributed by atoms with E-state index in [1.54, 1.807) is 24.4 Å². The van der Waals surface area contributed by atoms with Crippen LogP contribution in [0, 0.1) is 6.92 Å². The molecule has 100 valence electrons. The topological polar surface area (TPSA) is 72.0 Å². The van der Waals surface area contributed by atoms with Crippen LogP contribution >= 0.6 is 0 Å². The van der Waals surface area contributed by atoms with E-state index in [0.717, 1.165) is 11.4 Å². The lowest BCUT2D eigenvalue weighted by atomic mass is 10.3. The lowest BCUT2D eigenvalue weighted by molar-refractivity contribution is 0.602. The van der Waals surface area contributed by atoms with Gasteiger partial charge in [0.05, 0.1) is 17.1 Å². The molecule has 1 aromatic carbocycles. The normalized spacial score (nSPS) is 11.3. The molecule has 19 heavy (non-hydrogen) atoms. The molecule has 2 rings (SSSR count). The molecule has 0 radical (unpaired) electrons. The highest BCUT2D eigenvalue weighted by Crippen LogP contribution is 2.15. The number of aryl methyl sites for hydroxylation is 1. The Morgan fingerprint density at radius 3 is 2.74 bits per heavy atom. The van der Waals surface area contributed by atoms with Gasteiger partial charge in [0.1, 0.15) is 5.82 Å². The third-order valence-corrected chi connectivity index (χ3v) is 3.68. The predicted octanol–water partition coefficient (Wildman–Crippen LogP) is 1.80. The summed E-state index contributed by atoms with van der Waals surface area (Å²) < 4.78 is 22.9. The molecule has 6 heteroatoms. The molecule has 1 N–H and O–H groups in total. The molecule has 1 heterocycles. The number of nitrogens with one attached hydrogen (secondary N) is 1. The van der Waals surface area contributed by atoms with Gasteiger partial charge in [-0.05, 0) is 31.2 Å². The summed E-state index contributed by atoms with van der Waals surface area (Å²) in [5.41, 5.74) is 1.61. The highest BCUT2D eigenvalue weighted by molar-refractivity contribution is 7.90. The van der Waals surface area contributed by atoms with Gasteiger partial charge in [0, 0.05) is 18.1 Å². The van der Waals surface area contributed by atoms with Gasteiger partial charge < -0.3 is 5.32 Å². The van der Waals surface area contributed by atoms with E-state index in [1.165, 1.54) is 6.26 Å².